The summed E-state index contributed by atoms with van der Waals surface area (Å²) >= 11 is 0. The fraction of sp³-hybridized carbons (Fsp3) is 0.417. The molecule has 1 fully saturated rings. The van der Waals surface area contributed by atoms with Crippen LogP contribution in [0, 0.1) is 5.82 Å². The molecule has 6 heteroatoms. The number of hydrogen-bond acceptors (Lipinski definition) is 4. The van der Waals surface area contributed by atoms with Crippen LogP contribution in [0.1, 0.15) is 5.56 Å². The second-order valence-corrected chi connectivity index (χ2v) is 4.15. The summed E-state index contributed by atoms with van der Waals surface area (Å²) in [6.45, 7) is 1.04. The first-order valence-electron chi connectivity index (χ1n) is 5.73. The maximum Gasteiger partial charge on any atom is 0.407 e. The predicted molar refractivity (Wildman–Crippen MR) is 62.4 cm³/mol. The molecule has 0 radical (unpaired) electrons. The fourth-order valence-electron chi connectivity index (χ4n) is 1.76. The number of amides is 1. The number of aliphatic hydroxyl groups excluding tert-OH is 1. The highest BCUT2D eigenvalue weighted by Crippen LogP contribution is 2.06. The van der Waals surface area contributed by atoms with Gasteiger partial charge in [-0.1, -0.05) is 12.1 Å². The zero-order valence-corrected chi connectivity index (χ0v) is 9.73. The molecule has 3 N–H and O–H groups in total. The first-order chi connectivity index (χ1) is 8.65. The number of hydrogen-bond donors (Lipinski definition) is 3. The van der Waals surface area contributed by atoms with Crippen LogP contribution in [0.15, 0.2) is 24.3 Å². The lowest BCUT2D eigenvalue weighted by atomic mass is 10.2. The molecule has 98 valence electrons. The number of alkyl carbamates (subject to hydrolysis) is 1. The van der Waals surface area contributed by atoms with Gasteiger partial charge in [-0.2, -0.15) is 0 Å². The van der Waals surface area contributed by atoms with Crippen LogP contribution in [-0.2, 0) is 11.3 Å². The Balaban J connectivity index is 1.78. The van der Waals surface area contributed by atoms with Crippen LogP contribution in [0.4, 0.5) is 9.18 Å². The standard InChI is InChI=1S/C12H15FN2O3/c13-9-3-1-2-8(4-9)5-15-12(17)18-11-7-14-6-10(11)16/h1-4,10-11,14,16H,5-7H2,(H,15,17)/t10-,11-/m0/s1. The van der Waals surface area contributed by atoms with E-state index in [1.54, 1.807) is 12.1 Å². The van der Waals surface area contributed by atoms with Crippen LogP contribution in [0.25, 0.3) is 0 Å². The first kappa shape index (κ1) is 12.8. The zero-order valence-electron chi connectivity index (χ0n) is 9.73. The normalized spacial score (nSPS) is 22.8. The minimum absolute atomic E-state index is 0.187. The van der Waals surface area contributed by atoms with Crippen LogP contribution in [0.3, 0.4) is 0 Å². The number of nitrogens with one attached hydrogen (secondary N) is 2. The van der Waals surface area contributed by atoms with E-state index in [1.807, 2.05) is 0 Å². The number of rotatable bonds is 3. The van der Waals surface area contributed by atoms with Crippen molar-refractivity contribution in [2.24, 2.45) is 0 Å². The van der Waals surface area contributed by atoms with Gasteiger partial charge in [0.2, 0.25) is 0 Å². The van der Waals surface area contributed by atoms with Crippen LogP contribution in [-0.4, -0.2) is 36.5 Å². The van der Waals surface area contributed by atoms with Gasteiger partial charge in [0, 0.05) is 19.6 Å². The van der Waals surface area contributed by atoms with E-state index in [2.05, 4.69) is 10.6 Å². The van der Waals surface area contributed by atoms with E-state index in [4.69, 9.17) is 4.74 Å². The molecule has 0 aliphatic carbocycles. The first-order valence-corrected chi connectivity index (χ1v) is 5.73. The molecule has 2 atom stereocenters. The second-order valence-electron chi connectivity index (χ2n) is 4.15. The second kappa shape index (κ2) is 5.79. The lowest BCUT2D eigenvalue weighted by molar-refractivity contribution is 0.0328. The van der Waals surface area contributed by atoms with Gasteiger partial charge in [0.1, 0.15) is 18.0 Å². The summed E-state index contributed by atoms with van der Waals surface area (Å²) in [5, 5.41) is 14.9. The summed E-state index contributed by atoms with van der Waals surface area (Å²) in [7, 11) is 0. The molecule has 1 amide bonds. The van der Waals surface area contributed by atoms with E-state index in [-0.39, 0.29) is 12.4 Å². The quantitative estimate of drug-likeness (QED) is 0.729. The molecule has 5 nitrogen and oxygen atoms in total. The molecule has 1 aliphatic rings. The monoisotopic (exact) mass is 254 g/mol. The average molecular weight is 254 g/mol. The number of ether oxygens (including phenoxy) is 1. The summed E-state index contributed by atoms with van der Waals surface area (Å²) in [5.41, 5.74) is 0.650. The van der Waals surface area contributed by atoms with Gasteiger partial charge < -0.3 is 20.5 Å². The van der Waals surface area contributed by atoms with Crippen LogP contribution >= 0.6 is 0 Å². The van der Waals surface area contributed by atoms with Gasteiger partial charge in [-0.05, 0) is 17.7 Å². The molecule has 2 rings (SSSR count). The van der Waals surface area contributed by atoms with Crippen molar-refractivity contribution in [2.75, 3.05) is 13.1 Å². The van der Waals surface area contributed by atoms with Crippen molar-refractivity contribution in [1.82, 2.24) is 10.6 Å². The Bertz CT molecular complexity index is 428. The number of carbonyl (C=O) groups excluding carboxylic acids is 1. The summed E-state index contributed by atoms with van der Waals surface area (Å²) in [6, 6.07) is 5.95. The van der Waals surface area contributed by atoms with E-state index >= 15 is 0 Å². The Morgan fingerprint density at radius 3 is 3.06 bits per heavy atom. The van der Waals surface area contributed by atoms with Gasteiger partial charge in [0.05, 0.1) is 0 Å². The highest BCUT2D eigenvalue weighted by Gasteiger charge is 2.28. The van der Waals surface area contributed by atoms with Crippen LogP contribution < -0.4 is 10.6 Å². The lowest BCUT2D eigenvalue weighted by Crippen LogP contribution is -2.34. The molecule has 1 saturated heterocycles. The highest BCUT2D eigenvalue weighted by atomic mass is 19.1. The molecule has 0 saturated carbocycles. The van der Waals surface area contributed by atoms with Crippen molar-refractivity contribution in [3.8, 4) is 0 Å². The smallest absolute Gasteiger partial charge is 0.407 e. The Labute approximate surface area is 104 Å². The maximum absolute atomic E-state index is 12.9. The summed E-state index contributed by atoms with van der Waals surface area (Å²) < 4.78 is 17.9. The summed E-state index contributed by atoms with van der Waals surface area (Å²) in [4.78, 5) is 11.4. The third-order valence-electron chi connectivity index (χ3n) is 2.71. The highest BCUT2D eigenvalue weighted by molar-refractivity contribution is 5.67. The molecule has 1 aliphatic heterocycles. The molecule has 0 aromatic heterocycles. The molecular weight excluding hydrogens is 239 g/mol. The van der Waals surface area contributed by atoms with Gasteiger partial charge in [0.15, 0.2) is 0 Å². The predicted octanol–water partition coefficient (Wildman–Crippen LogP) is 0.385. The molecule has 1 heterocycles. The van der Waals surface area contributed by atoms with Gasteiger partial charge in [-0.15, -0.1) is 0 Å². The molecule has 18 heavy (non-hydrogen) atoms. The van der Waals surface area contributed by atoms with E-state index in [9.17, 15) is 14.3 Å². The molecule has 0 spiro atoms. The Kier molecular flexibility index (Phi) is 4.11. The minimum atomic E-state index is -0.676. The SMILES string of the molecule is O=C(NCc1cccc(F)c1)O[C@H]1CNC[C@@H]1O. The van der Waals surface area contributed by atoms with E-state index < -0.39 is 18.3 Å². The topological polar surface area (TPSA) is 70.6 Å². The van der Waals surface area contributed by atoms with Crippen LogP contribution in [0.5, 0.6) is 0 Å². The molecule has 0 bridgehead atoms. The Morgan fingerprint density at radius 2 is 2.39 bits per heavy atom. The number of carbonyl (C=O) groups is 1. The third-order valence-corrected chi connectivity index (χ3v) is 2.71. The van der Waals surface area contributed by atoms with E-state index in [0.29, 0.717) is 18.7 Å². The van der Waals surface area contributed by atoms with Gasteiger partial charge >= 0.3 is 6.09 Å². The Morgan fingerprint density at radius 1 is 1.56 bits per heavy atom. The van der Waals surface area contributed by atoms with Gasteiger partial charge in [-0.3, -0.25) is 0 Å². The molecular formula is C12H15FN2O3. The van der Waals surface area contributed by atoms with E-state index in [1.165, 1.54) is 12.1 Å². The number of β-amino-alcohol motifs (C(OH)–C–C–N with tert-alkyl or cyclic N) is 1. The molecule has 0 unspecified atom stereocenters. The van der Waals surface area contributed by atoms with Gasteiger partial charge in [0.25, 0.3) is 0 Å². The summed E-state index contributed by atoms with van der Waals surface area (Å²) in [5.74, 6) is -0.349. The van der Waals surface area contributed by atoms with E-state index in [0.717, 1.165) is 0 Å². The molecule has 1 aromatic carbocycles. The van der Waals surface area contributed by atoms with Crippen molar-refractivity contribution in [3.63, 3.8) is 0 Å². The van der Waals surface area contributed by atoms with Gasteiger partial charge in [-0.25, -0.2) is 9.18 Å². The van der Waals surface area contributed by atoms with Crippen molar-refractivity contribution in [1.29, 1.82) is 0 Å². The maximum atomic E-state index is 12.9. The summed E-state index contributed by atoms with van der Waals surface area (Å²) in [6.07, 6.45) is -1.82. The zero-order chi connectivity index (χ0) is 13.0. The number of aliphatic hydroxyl groups is 1. The number of halogens is 1. The molecule has 1 aromatic rings. The van der Waals surface area contributed by atoms with Crippen molar-refractivity contribution in [2.45, 2.75) is 18.8 Å². The van der Waals surface area contributed by atoms with Crippen molar-refractivity contribution < 1.29 is 19.0 Å². The van der Waals surface area contributed by atoms with Crippen molar-refractivity contribution in [3.05, 3.63) is 35.6 Å². The minimum Gasteiger partial charge on any atom is -0.442 e. The fourth-order valence-corrected chi connectivity index (χ4v) is 1.76. The Hall–Kier alpha value is -1.66. The largest absolute Gasteiger partial charge is 0.442 e. The van der Waals surface area contributed by atoms with Crippen molar-refractivity contribution >= 4 is 6.09 Å². The van der Waals surface area contributed by atoms with Crippen LogP contribution in [0.2, 0.25) is 0 Å². The third kappa shape index (κ3) is 3.41. The average Bonchev–Trinajstić information content (AvgIpc) is 2.73. The number of benzene rings is 1. The lowest BCUT2D eigenvalue weighted by Gasteiger charge is -2.15.